The quantitative estimate of drug-likeness (QED) is 0.702. The van der Waals surface area contributed by atoms with Crippen LogP contribution in [0.1, 0.15) is 37.8 Å². The third-order valence-electron chi connectivity index (χ3n) is 7.92. The standard InChI is InChI=1S/C23H32N4O4/c1-30-19-4-2-3-17(25-19)12-27-5-6-31-18(13-27)21(28)26-20-15-7-14-8-16(20)11-23(9-14,10-15)22(24)29/h2-4,14-16,18,20H,5-13H2,1H3,(H2,24,29)(H,26,28). The molecule has 3 unspecified atom stereocenters. The molecule has 1 aromatic rings. The predicted molar refractivity (Wildman–Crippen MR) is 113 cm³/mol. The van der Waals surface area contributed by atoms with E-state index in [0.717, 1.165) is 44.3 Å². The fourth-order valence-electron chi connectivity index (χ4n) is 6.71. The van der Waals surface area contributed by atoms with Crippen molar-refractivity contribution in [1.82, 2.24) is 15.2 Å². The number of ether oxygens (including phenoxy) is 2. The molecule has 8 heteroatoms. The summed E-state index contributed by atoms with van der Waals surface area (Å²) in [5.41, 5.74) is 6.37. The smallest absolute Gasteiger partial charge is 0.250 e. The molecule has 31 heavy (non-hydrogen) atoms. The zero-order valence-corrected chi connectivity index (χ0v) is 18.1. The van der Waals surface area contributed by atoms with Crippen molar-refractivity contribution in [3.63, 3.8) is 0 Å². The summed E-state index contributed by atoms with van der Waals surface area (Å²) in [6.45, 7) is 2.48. The van der Waals surface area contributed by atoms with Gasteiger partial charge < -0.3 is 20.5 Å². The first-order valence-corrected chi connectivity index (χ1v) is 11.4. The van der Waals surface area contributed by atoms with Crippen LogP contribution in [0.3, 0.4) is 0 Å². The number of methoxy groups -OCH3 is 1. The Balaban J connectivity index is 1.20. The topological polar surface area (TPSA) is 107 Å². The highest BCUT2D eigenvalue weighted by Gasteiger charge is 2.58. The van der Waals surface area contributed by atoms with E-state index in [1.54, 1.807) is 7.11 Å². The van der Waals surface area contributed by atoms with Crippen LogP contribution in [-0.4, -0.2) is 60.7 Å². The average Bonchev–Trinajstić information content (AvgIpc) is 2.76. The molecule has 1 aliphatic heterocycles. The molecule has 0 spiro atoms. The van der Waals surface area contributed by atoms with Crippen molar-refractivity contribution in [3.05, 3.63) is 23.9 Å². The molecule has 3 atom stereocenters. The van der Waals surface area contributed by atoms with Crippen LogP contribution in [-0.2, 0) is 20.9 Å². The monoisotopic (exact) mass is 428 g/mol. The number of hydrogen-bond acceptors (Lipinski definition) is 6. The zero-order valence-electron chi connectivity index (χ0n) is 18.1. The Morgan fingerprint density at radius 2 is 2.06 bits per heavy atom. The Morgan fingerprint density at radius 1 is 1.29 bits per heavy atom. The number of carbonyl (C=O) groups excluding carboxylic acids is 2. The number of nitrogens with one attached hydrogen (secondary N) is 1. The minimum Gasteiger partial charge on any atom is -0.481 e. The number of nitrogens with zero attached hydrogens (tertiary/aromatic N) is 2. The largest absolute Gasteiger partial charge is 0.481 e. The van der Waals surface area contributed by atoms with Crippen LogP contribution in [0.5, 0.6) is 5.88 Å². The van der Waals surface area contributed by atoms with Crippen molar-refractivity contribution < 1.29 is 19.1 Å². The molecule has 2 amide bonds. The highest BCUT2D eigenvalue weighted by molar-refractivity contribution is 5.83. The fraction of sp³-hybridized carbons (Fsp3) is 0.696. The van der Waals surface area contributed by atoms with Gasteiger partial charge in [0.25, 0.3) is 5.91 Å². The second kappa shape index (κ2) is 8.06. The summed E-state index contributed by atoms with van der Waals surface area (Å²) < 4.78 is 11.0. The fourth-order valence-corrected chi connectivity index (χ4v) is 6.71. The Labute approximate surface area is 182 Å². The molecule has 0 radical (unpaired) electrons. The van der Waals surface area contributed by atoms with Crippen LogP contribution in [0.4, 0.5) is 0 Å². The molecule has 8 nitrogen and oxygen atoms in total. The number of rotatable bonds is 6. The molecule has 1 aromatic heterocycles. The van der Waals surface area contributed by atoms with Crippen molar-refractivity contribution in [3.8, 4) is 5.88 Å². The van der Waals surface area contributed by atoms with Crippen LogP contribution < -0.4 is 15.8 Å². The SMILES string of the molecule is COc1cccc(CN2CCOC(C(=O)NC3C4CC5CC3CC(C(N)=O)(C5)C4)C2)n1. The van der Waals surface area contributed by atoms with Crippen LogP contribution in [0, 0.1) is 23.2 Å². The van der Waals surface area contributed by atoms with E-state index in [0.29, 0.717) is 43.3 Å². The number of nitrogens with two attached hydrogens (primary N) is 1. The van der Waals surface area contributed by atoms with Gasteiger partial charge in [-0.15, -0.1) is 0 Å². The lowest BCUT2D eigenvalue weighted by atomic mass is 9.47. The van der Waals surface area contributed by atoms with Crippen LogP contribution in [0.2, 0.25) is 0 Å². The molecule has 4 aliphatic carbocycles. The van der Waals surface area contributed by atoms with Gasteiger partial charge in [0.15, 0.2) is 0 Å². The van der Waals surface area contributed by atoms with E-state index in [1.807, 2.05) is 18.2 Å². The molecule has 4 saturated carbocycles. The van der Waals surface area contributed by atoms with E-state index < -0.39 is 6.10 Å². The Kier molecular flexibility index (Phi) is 5.38. The van der Waals surface area contributed by atoms with Crippen molar-refractivity contribution in [2.75, 3.05) is 26.8 Å². The lowest BCUT2D eigenvalue weighted by molar-refractivity contribution is -0.151. The lowest BCUT2D eigenvalue weighted by Gasteiger charge is -2.59. The maximum absolute atomic E-state index is 13.1. The Hall–Kier alpha value is -2.19. The number of pyridine rings is 1. The molecule has 3 N–H and O–H groups in total. The van der Waals surface area contributed by atoms with Gasteiger partial charge >= 0.3 is 0 Å². The van der Waals surface area contributed by atoms with Gasteiger partial charge in [0.2, 0.25) is 11.8 Å². The first-order valence-electron chi connectivity index (χ1n) is 11.4. The van der Waals surface area contributed by atoms with Gasteiger partial charge in [-0.3, -0.25) is 14.5 Å². The normalized spacial score (nSPS) is 36.9. The number of amides is 2. The molecule has 2 heterocycles. The minimum atomic E-state index is -0.485. The molecule has 4 bridgehead atoms. The van der Waals surface area contributed by atoms with Crippen LogP contribution in [0.25, 0.3) is 0 Å². The third kappa shape index (κ3) is 3.91. The lowest BCUT2D eigenvalue weighted by Crippen LogP contribution is -2.63. The van der Waals surface area contributed by atoms with Gasteiger partial charge in [-0.1, -0.05) is 6.07 Å². The summed E-state index contributed by atoms with van der Waals surface area (Å²) in [6.07, 6.45) is 4.28. The molecule has 168 valence electrons. The zero-order chi connectivity index (χ0) is 21.6. The summed E-state index contributed by atoms with van der Waals surface area (Å²) in [7, 11) is 1.61. The van der Waals surface area contributed by atoms with Gasteiger partial charge in [0, 0.05) is 37.2 Å². The second-order valence-electron chi connectivity index (χ2n) is 9.91. The van der Waals surface area contributed by atoms with E-state index in [1.165, 1.54) is 0 Å². The highest BCUT2D eigenvalue weighted by atomic mass is 16.5. The van der Waals surface area contributed by atoms with E-state index in [9.17, 15) is 9.59 Å². The average molecular weight is 429 g/mol. The minimum absolute atomic E-state index is 0.0334. The van der Waals surface area contributed by atoms with Gasteiger partial charge in [0.05, 0.1) is 19.4 Å². The maximum Gasteiger partial charge on any atom is 0.250 e. The number of hydrogen-bond donors (Lipinski definition) is 2. The molecular formula is C23H32N4O4. The molecular weight excluding hydrogens is 396 g/mol. The predicted octanol–water partition coefficient (Wildman–Crippen LogP) is 1.09. The van der Waals surface area contributed by atoms with E-state index in [-0.39, 0.29) is 23.3 Å². The van der Waals surface area contributed by atoms with E-state index in [4.69, 9.17) is 15.2 Å². The Bertz CT molecular complexity index is 846. The van der Waals surface area contributed by atoms with Crippen LogP contribution >= 0.6 is 0 Å². The summed E-state index contributed by atoms with van der Waals surface area (Å²) in [4.78, 5) is 31.9. The Morgan fingerprint density at radius 3 is 2.77 bits per heavy atom. The highest BCUT2D eigenvalue weighted by Crippen LogP contribution is 2.59. The van der Waals surface area contributed by atoms with Crippen molar-refractivity contribution in [2.45, 2.75) is 50.8 Å². The number of morpholine rings is 1. The van der Waals surface area contributed by atoms with Crippen LogP contribution in [0.15, 0.2) is 18.2 Å². The number of carbonyl (C=O) groups is 2. The van der Waals surface area contributed by atoms with Crippen molar-refractivity contribution >= 4 is 11.8 Å². The number of aromatic nitrogens is 1. The van der Waals surface area contributed by atoms with Gasteiger partial charge in [0.1, 0.15) is 6.10 Å². The van der Waals surface area contributed by atoms with E-state index >= 15 is 0 Å². The first-order chi connectivity index (χ1) is 15.0. The van der Waals surface area contributed by atoms with Gasteiger partial charge in [-0.25, -0.2) is 4.98 Å². The van der Waals surface area contributed by atoms with Crippen molar-refractivity contribution in [2.24, 2.45) is 28.9 Å². The van der Waals surface area contributed by atoms with Gasteiger partial charge in [-0.2, -0.15) is 0 Å². The molecule has 1 saturated heterocycles. The second-order valence-corrected chi connectivity index (χ2v) is 9.91. The summed E-state index contributed by atoms with van der Waals surface area (Å²) in [6, 6.07) is 5.86. The van der Waals surface area contributed by atoms with Gasteiger partial charge in [-0.05, 0) is 55.9 Å². The molecule has 5 aliphatic rings. The number of primary amides is 1. The maximum atomic E-state index is 13.1. The van der Waals surface area contributed by atoms with E-state index in [2.05, 4.69) is 15.2 Å². The third-order valence-corrected chi connectivity index (χ3v) is 7.92. The summed E-state index contributed by atoms with van der Waals surface area (Å²) in [5.74, 6) is 1.69. The first kappa shape index (κ1) is 20.7. The molecule has 6 rings (SSSR count). The summed E-state index contributed by atoms with van der Waals surface area (Å²) in [5, 5.41) is 3.31. The molecule has 5 fully saturated rings. The summed E-state index contributed by atoms with van der Waals surface area (Å²) >= 11 is 0. The molecule has 0 aromatic carbocycles. The van der Waals surface area contributed by atoms with Crippen molar-refractivity contribution in [1.29, 1.82) is 0 Å².